The van der Waals surface area contributed by atoms with Crippen molar-refractivity contribution in [1.29, 1.82) is 0 Å². The van der Waals surface area contributed by atoms with Crippen LogP contribution in [0.1, 0.15) is 32.6 Å². The van der Waals surface area contributed by atoms with E-state index in [-0.39, 0.29) is 17.9 Å². The maximum Gasteiger partial charge on any atom is 0.244 e. The van der Waals surface area contributed by atoms with Crippen molar-refractivity contribution in [2.24, 2.45) is 0 Å². The molecule has 21 heavy (non-hydrogen) atoms. The van der Waals surface area contributed by atoms with Crippen molar-refractivity contribution in [2.75, 3.05) is 26.2 Å². The second-order valence-electron chi connectivity index (χ2n) is 5.33. The highest BCUT2D eigenvalue weighted by atomic mass is 16.2. The van der Waals surface area contributed by atoms with Gasteiger partial charge in [-0.05, 0) is 13.5 Å². The van der Waals surface area contributed by atoms with Gasteiger partial charge in [-0.2, -0.15) is 0 Å². The zero-order chi connectivity index (χ0) is 15.4. The van der Waals surface area contributed by atoms with Gasteiger partial charge in [0, 0.05) is 39.0 Å². The molecule has 0 bridgehead atoms. The predicted molar refractivity (Wildman–Crippen MR) is 78.4 cm³/mol. The third kappa shape index (κ3) is 3.60. The van der Waals surface area contributed by atoms with E-state index in [0.29, 0.717) is 13.1 Å². The normalized spacial score (nSPS) is 21.1. The summed E-state index contributed by atoms with van der Waals surface area (Å²) in [6, 6.07) is -0.417. The first-order valence-electron chi connectivity index (χ1n) is 7.32. The van der Waals surface area contributed by atoms with E-state index in [1.54, 1.807) is 24.2 Å². The van der Waals surface area contributed by atoms with Crippen LogP contribution in [-0.2, 0) is 9.59 Å². The molecular weight excluding hydrogens is 270 g/mol. The number of carbonyl (C=O) groups is 2. The molecule has 2 amide bonds. The third-order valence-electron chi connectivity index (χ3n) is 3.83. The standard InChI is InChI=1S/C14H23N5O2/c1-4-18-7-8-19(14(21)10(2)17-11(3)20)9-12(18)13-15-5-6-16-13/h5-6,10,12H,4,7-9H2,1-3H3,(H,15,16)(H,17,20)/t10-,12-/m1/s1. The van der Waals surface area contributed by atoms with Crippen LogP contribution in [0.3, 0.4) is 0 Å². The number of H-pyrrole nitrogens is 1. The van der Waals surface area contributed by atoms with Gasteiger partial charge < -0.3 is 15.2 Å². The largest absolute Gasteiger partial charge is 0.347 e. The van der Waals surface area contributed by atoms with Crippen molar-refractivity contribution in [3.05, 3.63) is 18.2 Å². The van der Waals surface area contributed by atoms with Crippen molar-refractivity contribution in [1.82, 2.24) is 25.1 Å². The molecular formula is C14H23N5O2. The first-order valence-corrected chi connectivity index (χ1v) is 7.32. The molecule has 2 atom stereocenters. The van der Waals surface area contributed by atoms with Gasteiger partial charge in [-0.15, -0.1) is 0 Å². The highest BCUT2D eigenvalue weighted by Gasteiger charge is 2.32. The summed E-state index contributed by atoms with van der Waals surface area (Å²) < 4.78 is 0. The maximum atomic E-state index is 12.4. The Balaban J connectivity index is 2.06. The fourth-order valence-electron chi connectivity index (χ4n) is 2.76. The van der Waals surface area contributed by atoms with Crippen LogP contribution in [0, 0.1) is 0 Å². The minimum Gasteiger partial charge on any atom is -0.347 e. The molecule has 0 aromatic carbocycles. The molecule has 1 aliphatic heterocycles. The maximum absolute atomic E-state index is 12.4. The molecule has 1 fully saturated rings. The molecule has 1 aromatic rings. The summed E-state index contributed by atoms with van der Waals surface area (Å²) in [4.78, 5) is 35.0. The average molecular weight is 293 g/mol. The Morgan fingerprint density at radius 2 is 2.29 bits per heavy atom. The second-order valence-corrected chi connectivity index (χ2v) is 5.33. The van der Waals surface area contributed by atoms with Crippen molar-refractivity contribution >= 4 is 11.8 Å². The van der Waals surface area contributed by atoms with Crippen LogP contribution < -0.4 is 5.32 Å². The SMILES string of the molecule is CCN1CCN(C(=O)[C@@H](C)NC(C)=O)C[C@@H]1c1ncc[nH]1. The minimum atomic E-state index is -0.493. The Morgan fingerprint density at radius 1 is 1.52 bits per heavy atom. The molecule has 0 saturated carbocycles. The first-order chi connectivity index (χ1) is 10.0. The predicted octanol–water partition coefficient (Wildman–Crippen LogP) is 0.140. The summed E-state index contributed by atoms with van der Waals surface area (Å²) in [5.41, 5.74) is 0. The smallest absolute Gasteiger partial charge is 0.244 e. The molecule has 2 N–H and O–H groups in total. The summed E-state index contributed by atoms with van der Waals surface area (Å²) in [5.74, 6) is 0.643. The van der Waals surface area contributed by atoms with E-state index in [2.05, 4.69) is 27.1 Å². The molecule has 1 aliphatic rings. The topological polar surface area (TPSA) is 81.3 Å². The highest BCUT2D eigenvalue weighted by Crippen LogP contribution is 2.22. The molecule has 0 unspecified atom stereocenters. The van der Waals surface area contributed by atoms with E-state index >= 15 is 0 Å². The van der Waals surface area contributed by atoms with Gasteiger partial charge in [0.05, 0.1) is 6.04 Å². The van der Waals surface area contributed by atoms with Crippen LogP contribution in [0.25, 0.3) is 0 Å². The van der Waals surface area contributed by atoms with E-state index in [0.717, 1.165) is 18.9 Å². The van der Waals surface area contributed by atoms with Crippen LogP contribution >= 0.6 is 0 Å². The molecule has 2 rings (SSSR count). The van der Waals surface area contributed by atoms with Gasteiger partial charge in [-0.25, -0.2) is 4.98 Å². The Labute approximate surface area is 124 Å². The summed E-state index contributed by atoms with van der Waals surface area (Å²) >= 11 is 0. The Morgan fingerprint density at radius 3 is 2.86 bits per heavy atom. The van der Waals surface area contributed by atoms with Crippen molar-refractivity contribution in [2.45, 2.75) is 32.9 Å². The van der Waals surface area contributed by atoms with Gasteiger partial charge >= 0.3 is 0 Å². The lowest BCUT2D eigenvalue weighted by atomic mass is 10.1. The quantitative estimate of drug-likeness (QED) is 0.827. The molecule has 1 saturated heterocycles. The van der Waals surface area contributed by atoms with E-state index in [4.69, 9.17) is 0 Å². The van der Waals surface area contributed by atoms with Crippen LogP contribution in [0.15, 0.2) is 12.4 Å². The molecule has 7 heteroatoms. The Kier molecular flexibility index (Phi) is 4.95. The number of nitrogens with one attached hydrogen (secondary N) is 2. The summed E-state index contributed by atoms with van der Waals surface area (Å²) in [5, 5.41) is 2.65. The van der Waals surface area contributed by atoms with Crippen LogP contribution in [0.5, 0.6) is 0 Å². The van der Waals surface area contributed by atoms with E-state index in [1.807, 2.05) is 0 Å². The number of amides is 2. The van der Waals surface area contributed by atoms with Crippen molar-refractivity contribution in [3.8, 4) is 0 Å². The monoisotopic (exact) mass is 293 g/mol. The number of likely N-dealkylation sites (N-methyl/N-ethyl adjacent to an activating group) is 1. The number of nitrogens with zero attached hydrogens (tertiary/aromatic N) is 3. The lowest BCUT2D eigenvalue weighted by Crippen LogP contribution is -2.55. The molecule has 0 radical (unpaired) electrons. The fourth-order valence-corrected chi connectivity index (χ4v) is 2.76. The summed E-state index contributed by atoms with van der Waals surface area (Å²) in [7, 11) is 0. The lowest BCUT2D eigenvalue weighted by molar-refractivity contribution is -0.138. The van der Waals surface area contributed by atoms with Crippen LogP contribution in [-0.4, -0.2) is 63.8 Å². The number of hydrogen-bond acceptors (Lipinski definition) is 4. The molecule has 2 heterocycles. The van der Waals surface area contributed by atoms with Crippen molar-refractivity contribution in [3.63, 3.8) is 0 Å². The van der Waals surface area contributed by atoms with Gasteiger partial charge in [-0.1, -0.05) is 6.92 Å². The van der Waals surface area contributed by atoms with Crippen LogP contribution in [0.2, 0.25) is 0 Å². The van der Waals surface area contributed by atoms with E-state index in [9.17, 15) is 9.59 Å². The van der Waals surface area contributed by atoms with Gasteiger partial charge in [0.2, 0.25) is 11.8 Å². The van der Waals surface area contributed by atoms with E-state index in [1.165, 1.54) is 6.92 Å². The minimum absolute atomic E-state index is 0.0440. The Bertz CT molecular complexity index is 488. The molecule has 1 aromatic heterocycles. The molecule has 0 spiro atoms. The van der Waals surface area contributed by atoms with E-state index < -0.39 is 6.04 Å². The van der Waals surface area contributed by atoms with Gasteiger partial charge in [0.25, 0.3) is 0 Å². The van der Waals surface area contributed by atoms with Crippen molar-refractivity contribution < 1.29 is 9.59 Å². The summed E-state index contributed by atoms with van der Waals surface area (Å²) in [6.45, 7) is 8.22. The number of aromatic nitrogens is 2. The lowest BCUT2D eigenvalue weighted by Gasteiger charge is -2.40. The number of imidazole rings is 1. The zero-order valence-electron chi connectivity index (χ0n) is 12.8. The first kappa shape index (κ1) is 15.5. The number of aromatic amines is 1. The highest BCUT2D eigenvalue weighted by molar-refractivity contribution is 5.86. The molecule has 7 nitrogen and oxygen atoms in total. The van der Waals surface area contributed by atoms with Gasteiger partial charge in [0.1, 0.15) is 11.9 Å². The van der Waals surface area contributed by atoms with Crippen LogP contribution in [0.4, 0.5) is 0 Å². The average Bonchev–Trinajstić information content (AvgIpc) is 2.99. The number of carbonyl (C=O) groups excluding carboxylic acids is 2. The van der Waals surface area contributed by atoms with Gasteiger partial charge in [0.15, 0.2) is 0 Å². The third-order valence-corrected chi connectivity index (χ3v) is 3.83. The van der Waals surface area contributed by atoms with Gasteiger partial charge in [-0.3, -0.25) is 14.5 Å². The summed E-state index contributed by atoms with van der Waals surface area (Å²) in [6.07, 6.45) is 3.52. The molecule has 0 aliphatic carbocycles. The number of piperazine rings is 1. The zero-order valence-corrected chi connectivity index (χ0v) is 12.8. The number of rotatable bonds is 4. The Hall–Kier alpha value is -1.89. The number of hydrogen-bond donors (Lipinski definition) is 2. The molecule has 116 valence electrons. The second kappa shape index (κ2) is 6.71. The fraction of sp³-hybridized carbons (Fsp3) is 0.643.